The zero-order valence-corrected chi connectivity index (χ0v) is 10.8. The van der Waals surface area contributed by atoms with Crippen LogP contribution in [0.3, 0.4) is 0 Å². The van der Waals surface area contributed by atoms with Crippen molar-refractivity contribution in [1.82, 2.24) is 0 Å². The second kappa shape index (κ2) is 4.69. The lowest BCUT2D eigenvalue weighted by Gasteiger charge is -1.97. The maximum absolute atomic E-state index is 11.3. The first-order chi connectivity index (χ1) is 8.45. The lowest BCUT2D eigenvalue weighted by molar-refractivity contribution is -0.384. The van der Waals surface area contributed by atoms with Crippen LogP contribution in [0.1, 0.15) is 12.5 Å². The molecule has 2 rings (SSSR count). The molecule has 0 amide bonds. The topological polar surface area (TPSA) is 81.8 Å². The molecule has 0 N–H and O–H groups in total. The largest absolute Gasteiger partial charge is 0.407 e. The molecular weight excluding hydrogens is 304 g/mol. The molecule has 0 fully saturated rings. The number of carbonyl (C=O) groups excluding carboxylic acids is 1. The van der Waals surface area contributed by atoms with Gasteiger partial charge in [-0.2, -0.15) is 0 Å². The molecule has 0 aliphatic carbocycles. The van der Waals surface area contributed by atoms with Gasteiger partial charge in [-0.1, -0.05) is 15.9 Å². The third-order valence-corrected chi connectivity index (χ3v) is 2.60. The SMILES string of the molecule is CC1=NC(=Cc2cc(Br)cc([N+](=O)[O-])c2)C(=O)O1. The van der Waals surface area contributed by atoms with Gasteiger partial charge in [0, 0.05) is 23.5 Å². The van der Waals surface area contributed by atoms with Gasteiger partial charge in [-0.25, -0.2) is 9.79 Å². The number of esters is 1. The van der Waals surface area contributed by atoms with E-state index in [2.05, 4.69) is 20.9 Å². The third kappa shape index (κ3) is 2.62. The Labute approximate surface area is 110 Å². The van der Waals surface area contributed by atoms with Crippen molar-refractivity contribution in [3.63, 3.8) is 0 Å². The van der Waals surface area contributed by atoms with Crippen LogP contribution < -0.4 is 0 Å². The Morgan fingerprint density at radius 3 is 2.72 bits per heavy atom. The lowest BCUT2D eigenvalue weighted by Crippen LogP contribution is -1.99. The predicted molar refractivity (Wildman–Crippen MR) is 68.0 cm³/mol. The van der Waals surface area contributed by atoms with Gasteiger partial charge in [0.15, 0.2) is 11.6 Å². The molecule has 0 radical (unpaired) electrons. The van der Waals surface area contributed by atoms with Crippen LogP contribution in [0, 0.1) is 10.1 Å². The average molecular weight is 311 g/mol. The number of aliphatic imine (C=N–C) groups is 1. The number of hydrogen-bond donors (Lipinski definition) is 0. The minimum atomic E-state index is -0.560. The Balaban J connectivity index is 2.43. The van der Waals surface area contributed by atoms with Gasteiger partial charge >= 0.3 is 5.97 Å². The summed E-state index contributed by atoms with van der Waals surface area (Å²) in [6.07, 6.45) is 1.44. The van der Waals surface area contributed by atoms with Gasteiger partial charge in [-0.15, -0.1) is 0 Å². The second-order valence-corrected chi connectivity index (χ2v) is 4.47. The molecule has 0 bridgehead atoms. The Kier molecular flexibility index (Phi) is 3.24. The smallest absolute Gasteiger partial charge is 0.363 e. The summed E-state index contributed by atoms with van der Waals surface area (Å²) in [5, 5.41) is 10.7. The molecule has 92 valence electrons. The Morgan fingerprint density at radius 2 is 2.17 bits per heavy atom. The monoisotopic (exact) mass is 310 g/mol. The van der Waals surface area contributed by atoms with E-state index in [4.69, 9.17) is 4.74 Å². The summed E-state index contributed by atoms with van der Waals surface area (Å²) >= 11 is 3.17. The number of nitro groups is 1. The van der Waals surface area contributed by atoms with Crippen molar-refractivity contribution in [3.8, 4) is 0 Å². The molecule has 0 saturated carbocycles. The van der Waals surface area contributed by atoms with Crippen LogP contribution in [0.25, 0.3) is 6.08 Å². The Hall–Kier alpha value is -2.02. The Bertz CT molecular complexity index is 607. The highest BCUT2D eigenvalue weighted by atomic mass is 79.9. The number of benzene rings is 1. The van der Waals surface area contributed by atoms with E-state index in [1.807, 2.05) is 0 Å². The van der Waals surface area contributed by atoms with Crippen molar-refractivity contribution in [3.05, 3.63) is 44.0 Å². The molecule has 1 aromatic rings. The fraction of sp³-hybridized carbons (Fsp3) is 0.0909. The zero-order chi connectivity index (χ0) is 13.3. The summed E-state index contributed by atoms with van der Waals surface area (Å²) in [4.78, 5) is 25.4. The summed E-state index contributed by atoms with van der Waals surface area (Å²) in [7, 11) is 0. The fourth-order valence-electron chi connectivity index (χ4n) is 1.46. The van der Waals surface area contributed by atoms with Gasteiger partial charge in [-0.3, -0.25) is 10.1 Å². The standard InChI is InChI=1S/C11H7BrN2O4/c1-6-13-10(11(15)18-6)4-7-2-8(12)5-9(3-7)14(16)17/h2-5H,1H3. The number of carbonyl (C=O) groups is 1. The number of non-ortho nitro benzene ring substituents is 1. The predicted octanol–water partition coefficient (Wildman–Crippen LogP) is 2.67. The van der Waals surface area contributed by atoms with Crippen molar-refractivity contribution < 1.29 is 14.5 Å². The maximum Gasteiger partial charge on any atom is 0.363 e. The molecule has 6 nitrogen and oxygen atoms in total. The van der Waals surface area contributed by atoms with Crippen LogP contribution in [0.2, 0.25) is 0 Å². The highest BCUT2D eigenvalue weighted by Gasteiger charge is 2.20. The number of rotatable bonds is 2. The van der Waals surface area contributed by atoms with Crippen molar-refractivity contribution in [2.45, 2.75) is 6.92 Å². The normalized spacial score (nSPS) is 16.7. The van der Waals surface area contributed by atoms with Gasteiger partial charge in [0.05, 0.1) is 4.92 Å². The molecule has 1 aliphatic heterocycles. The quantitative estimate of drug-likeness (QED) is 0.364. The van der Waals surface area contributed by atoms with Crippen molar-refractivity contribution in [2.75, 3.05) is 0 Å². The van der Waals surface area contributed by atoms with Gasteiger partial charge in [0.2, 0.25) is 0 Å². The first-order valence-corrected chi connectivity index (χ1v) is 5.69. The lowest BCUT2D eigenvalue weighted by atomic mass is 10.1. The first-order valence-electron chi connectivity index (χ1n) is 4.90. The molecular formula is C11H7BrN2O4. The van der Waals surface area contributed by atoms with Gasteiger partial charge in [0.1, 0.15) is 0 Å². The molecule has 1 heterocycles. The number of nitrogens with zero attached hydrogens (tertiary/aromatic N) is 2. The molecule has 0 atom stereocenters. The number of cyclic esters (lactones) is 1. The fourth-order valence-corrected chi connectivity index (χ4v) is 1.96. The summed E-state index contributed by atoms with van der Waals surface area (Å²) < 4.78 is 5.30. The summed E-state index contributed by atoms with van der Waals surface area (Å²) in [6, 6.07) is 4.38. The molecule has 1 aliphatic rings. The van der Waals surface area contributed by atoms with Crippen LogP contribution in [0.5, 0.6) is 0 Å². The highest BCUT2D eigenvalue weighted by Crippen LogP contribution is 2.24. The molecule has 7 heteroatoms. The number of halogens is 1. The van der Waals surface area contributed by atoms with Crippen LogP contribution in [0.4, 0.5) is 5.69 Å². The minimum absolute atomic E-state index is 0.0664. The average Bonchev–Trinajstić information content (AvgIpc) is 2.56. The van der Waals surface area contributed by atoms with E-state index >= 15 is 0 Å². The molecule has 0 unspecified atom stereocenters. The van der Waals surface area contributed by atoms with E-state index in [9.17, 15) is 14.9 Å². The first kappa shape index (κ1) is 12.4. The summed E-state index contributed by atoms with van der Waals surface area (Å²) in [5.74, 6) is -0.300. The van der Waals surface area contributed by atoms with E-state index in [0.29, 0.717) is 10.0 Å². The van der Waals surface area contributed by atoms with Gasteiger partial charge < -0.3 is 4.74 Å². The van der Waals surface area contributed by atoms with Gasteiger partial charge in [-0.05, 0) is 17.7 Å². The molecule has 18 heavy (non-hydrogen) atoms. The molecule has 0 aromatic heterocycles. The van der Waals surface area contributed by atoms with Crippen molar-refractivity contribution in [1.29, 1.82) is 0 Å². The van der Waals surface area contributed by atoms with Crippen molar-refractivity contribution >= 4 is 39.6 Å². The highest BCUT2D eigenvalue weighted by molar-refractivity contribution is 9.10. The summed E-state index contributed by atoms with van der Waals surface area (Å²) in [6.45, 7) is 1.56. The van der Waals surface area contributed by atoms with E-state index < -0.39 is 10.9 Å². The van der Waals surface area contributed by atoms with Crippen LogP contribution >= 0.6 is 15.9 Å². The summed E-state index contributed by atoms with van der Waals surface area (Å²) in [5.41, 5.74) is 0.560. The van der Waals surface area contributed by atoms with E-state index in [-0.39, 0.29) is 17.3 Å². The number of ether oxygens (including phenoxy) is 1. The second-order valence-electron chi connectivity index (χ2n) is 3.55. The van der Waals surface area contributed by atoms with E-state index in [0.717, 1.165) is 0 Å². The number of hydrogen-bond acceptors (Lipinski definition) is 5. The zero-order valence-electron chi connectivity index (χ0n) is 9.21. The maximum atomic E-state index is 11.3. The molecule has 0 spiro atoms. The van der Waals surface area contributed by atoms with Crippen LogP contribution in [-0.4, -0.2) is 16.8 Å². The van der Waals surface area contributed by atoms with Gasteiger partial charge in [0.25, 0.3) is 5.69 Å². The van der Waals surface area contributed by atoms with Crippen LogP contribution in [0.15, 0.2) is 33.4 Å². The minimum Gasteiger partial charge on any atom is -0.407 e. The third-order valence-electron chi connectivity index (χ3n) is 2.15. The molecule has 0 saturated heterocycles. The van der Waals surface area contributed by atoms with Crippen molar-refractivity contribution in [2.24, 2.45) is 4.99 Å². The Morgan fingerprint density at radius 1 is 1.44 bits per heavy atom. The van der Waals surface area contributed by atoms with E-state index in [1.54, 1.807) is 13.0 Å². The van der Waals surface area contributed by atoms with E-state index in [1.165, 1.54) is 18.2 Å². The van der Waals surface area contributed by atoms with Crippen LogP contribution in [-0.2, 0) is 9.53 Å². The molecule has 1 aromatic carbocycles. The number of nitro benzene ring substituents is 1.